The number of nitrogens with zero attached hydrogens (tertiary/aromatic N) is 3. The molecule has 5 aromatic carbocycles. The zero-order chi connectivity index (χ0) is 59.9. The Morgan fingerprint density at radius 2 is 1.16 bits per heavy atom. The SMILES string of the molecule is COCCN1/C(=C/C=C(/C=C/C2=[N+](CCOC)c3ccc4c(S(=O)(=O)O)cc(S(=O)(=O)O)cc4c3C2(C)CCOC)Oc2ccc(C(=O)ON3C(=O)CCC3=O)cc2)C(C)(CCOC)c2c1ccc1c(S(=O)(=O)O)cc(S(=O)(=O)O)cc21. The fourth-order valence-corrected chi connectivity index (χ4v) is 13.4. The summed E-state index contributed by atoms with van der Waals surface area (Å²) in [6.45, 7) is 4.38. The van der Waals surface area contributed by atoms with Crippen molar-refractivity contribution in [3.63, 3.8) is 0 Å². The lowest BCUT2D eigenvalue weighted by molar-refractivity contribution is -0.441. The van der Waals surface area contributed by atoms with E-state index in [1.165, 1.54) is 64.8 Å². The topological polar surface area (TPSA) is 334 Å². The number of imide groups is 1. The summed E-state index contributed by atoms with van der Waals surface area (Å²) in [5.74, 6) is -2.16. The molecule has 82 heavy (non-hydrogen) atoms. The molecule has 28 heteroatoms. The van der Waals surface area contributed by atoms with Gasteiger partial charge in [-0.15, -0.1) is 5.06 Å². The van der Waals surface area contributed by atoms with Crippen molar-refractivity contribution in [2.45, 2.75) is 69.9 Å². The first-order valence-corrected chi connectivity index (χ1v) is 30.7. The van der Waals surface area contributed by atoms with Crippen LogP contribution in [0.25, 0.3) is 21.5 Å². The maximum Gasteiger partial charge on any atom is 0.363 e. The monoisotopic (exact) mass is 1210 g/mol. The van der Waals surface area contributed by atoms with Crippen LogP contribution >= 0.6 is 0 Å². The molecule has 2 unspecified atom stereocenters. The number of anilines is 1. The minimum absolute atomic E-state index is 0.0560. The van der Waals surface area contributed by atoms with Gasteiger partial charge in [-0.05, 0) is 122 Å². The highest BCUT2D eigenvalue weighted by Crippen LogP contribution is 2.54. The second kappa shape index (κ2) is 23.5. The molecule has 1 fully saturated rings. The van der Waals surface area contributed by atoms with Crippen molar-refractivity contribution in [1.29, 1.82) is 0 Å². The molecular weight excluding hydrogens is 1150 g/mol. The van der Waals surface area contributed by atoms with E-state index in [4.69, 9.17) is 28.5 Å². The van der Waals surface area contributed by atoms with Gasteiger partial charge in [0.1, 0.15) is 27.9 Å². The molecule has 3 aliphatic heterocycles. The van der Waals surface area contributed by atoms with Crippen molar-refractivity contribution in [2.75, 3.05) is 72.9 Å². The van der Waals surface area contributed by atoms with E-state index in [2.05, 4.69) is 0 Å². The van der Waals surface area contributed by atoms with Gasteiger partial charge in [0.2, 0.25) is 5.69 Å². The van der Waals surface area contributed by atoms with E-state index >= 15 is 0 Å². The van der Waals surface area contributed by atoms with Crippen LogP contribution in [0, 0.1) is 0 Å². The van der Waals surface area contributed by atoms with Gasteiger partial charge in [-0.1, -0.05) is 6.07 Å². The average molecular weight is 1210 g/mol. The number of carbonyl (C=O) groups excluding carboxylic acids is 3. The van der Waals surface area contributed by atoms with Crippen LogP contribution in [0.3, 0.4) is 0 Å². The van der Waals surface area contributed by atoms with Gasteiger partial charge in [0, 0.05) is 106 Å². The first-order chi connectivity index (χ1) is 38.5. The Balaban J connectivity index is 1.37. The predicted molar refractivity (Wildman–Crippen MR) is 295 cm³/mol. The van der Waals surface area contributed by atoms with E-state index in [0.717, 1.165) is 12.1 Å². The number of allylic oxidation sites excluding steroid dienone is 5. The van der Waals surface area contributed by atoms with Gasteiger partial charge in [-0.3, -0.25) is 27.8 Å². The quantitative estimate of drug-likeness (QED) is 0.0189. The Morgan fingerprint density at radius 1 is 0.634 bits per heavy atom. The number of hydrogen-bond donors (Lipinski definition) is 4. The summed E-state index contributed by atoms with van der Waals surface area (Å²) < 4.78 is 175. The molecule has 3 heterocycles. The first-order valence-electron chi connectivity index (χ1n) is 25.0. The summed E-state index contributed by atoms with van der Waals surface area (Å²) in [5.41, 5.74) is 0.282. The second-order valence-electron chi connectivity index (χ2n) is 19.7. The highest BCUT2D eigenvalue weighted by molar-refractivity contribution is 7.87. The van der Waals surface area contributed by atoms with Gasteiger partial charge in [0.05, 0.1) is 27.4 Å². The van der Waals surface area contributed by atoms with Gasteiger partial charge >= 0.3 is 5.97 Å². The lowest BCUT2D eigenvalue weighted by Gasteiger charge is -2.30. The van der Waals surface area contributed by atoms with Crippen LogP contribution in [0.5, 0.6) is 5.75 Å². The average Bonchev–Trinajstić information content (AvgIpc) is 2.25. The molecule has 2 amide bonds. The molecule has 0 bridgehead atoms. The van der Waals surface area contributed by atoms with E-state index in [-0.39, 0.29) is 104 Å². The van der Waals surface area contributed by atoms with E-state index in [9.17, 15) is 66.3 Å². The Labute approximate surface area is 472 Å². The molecule has 0 saturated carbocycles. The molecule has 4 N–H and O–H groups in total. The number of rotatable bonds is 23. The van der Waals surface area contributed by atoms with E-state index < -0.39 is 88.7 Å². The number of hydroxylamine groups is 2. The fourth-order valence-electron chi connectivity index (χ4n) is 10.7. The summed E-state index contributed by atoms with van der Waals surface area (Å²) in [6, 6.07) is 15.1. The Hall–Kier alpha value is -6.80. The number of hydrogen-bond acceptors (Lipinski definition) is 18. The van der Waals surface area contributed by atoms with Crippen molar-refractivity contribution < 1.29 is 99.4 Å². The standard InChI is InChI=1S/C54H57N3O21S4/c1-53(21-25-73-3)46(55(23-27-75-5)42-15-13-38-40(50(42)53)29-36(79(61,62)63)31-44(38)81(67,68)69)17-11-35(77-34-9-7-33(8-10-34)52(60)78-57-48(58)19-20-49(57)59)12-18-47-54(2,22-26-74-4)51-41-30-37(80(64,65)66)32-45(82(70,71)72)39(41)14-16-43(51)56(47)24-28-76-6/h7-18,29-32H,19-28H2,1-6H3,(H3-,61,62,63,64,65,66,67,68,69,70,71,72)/p+1. The third kappa shape index (κ3) is 12.0. The van der Waals surface area contributed by atoms with E-state index in [0.29, 0.717) is 51.1 Å². The van der Waals surface area contributed by atoms with E-state index in [1.807, 2.05) is 23.3 Å². The van der Waals surface area contributed by atoms with Crippen LogP contribution < -0.4 is 9.64 Å². The Morgan fingerprint density at radius 3 is 1.68 bits per heavy atom. The summed E-state index contributed by atoms with van der Waals surface area (Å²) >= 11 is 0. The van der Waals surface area contributed by atoms with Crippen LogP contribution in [0.1, 0.15) is 61.0 Å². The highest BCUT2D eigenvalue weighted by Gasteiger charge is 2.50. The normalized spacial score (nSPS) is 19.4. The van der Waals surface area contributed by atoms with Crippen molar-refractivity contribution >= 4 is 96.9 Å². The molecule has 438 valence electrons. The zero-order valence-corrected chi connectivity index (χ0v) is 48.3. The molecule has 0 radical (unpaired) electrons. The number of carbonyl (C=O) groups is 3. The third-order valence-corrected chi connectivity index (χ3v) is 18.1. The molecule has 0 aromatic heterocycles. The number of ether oxygens (including phenoxy) is 5. The van der Waals surface area contributed by atoms with Crippen molar-refractivity contribution in [2.24, 2.45) is 0 Å². The first kappa shape index (κ1) is 61.3. The minimum atomic E-state index is -5.10. The lowest BCUT2D eigenvalue weighted by Crippen LogP contribution is -2.33. The molecule has 3 aliphatic rings. The largest absolute Gasteiger partial charge is 0.457 e. The second-order valence-corrected chi connectivity index (χ2v) is 25.3. The number of fused-ring (bicyclic) bond motifs is 6. The minimum Gasteiger partial charge on any atom is -0.457 e. The predicted octanol–water partition coefficient (Wildman–Crippen LogP) is 6.10. The van der Waals surface area contributed by atoms with Crippen LogP contribution in [-0.4, -0.2) is 153 Å². The highest BCUT2D eigenvalue weighted by atomic mass is 32.2. The summed E-state index contributed by atoms with van der Waals surface area (Å²) in [5, 5.41) is 0.418. The fraction of sp³-hybridized carbons (Fsp3) is 0.333. The lowest BCUT2D eigenvalue weighted by atomic mass is 9.74. The van der Waals surface area contributed by atoms with Crippen molar-refractivity contribution in [1.82, 2.24) is 5.06 Å². The molecular formula is C54H58N3O21S4+. The van der Waals surface area contributed by atoms with Crippen LogP contribution in [-0.2, 0) is 84.7 Å². The number of methoxy groups -OCH3 is 4. The molecule has 0 spiro atoms. The molecule has 0 aliphatic carbocycles. The smallest absolute Gasteiger partial charge is 0.363 e. The van der Waals surface area contributed by atoms with Gasteiger partial charge in [0.25, 0.3) is 52.3 Å². The van der Waals surface area contributed by atoms with Gasteiger partial charge < -0.3 is 33.4 Å². The Bertz CT molecular complexity index is 4030. The van der Waals surface area contributed by atoms with Gasteiger partial charge in [-0.25, -0.2) is 4.79 Å². The van der Waals surface area contributed by atoms with Crippen LogP contribution in [0.15, 0.2) is 128 Å². The molecule has 8 rings (SSSR count). The summed E-state index contributed by atoms with van der Waals surface area (Å²) in [4.78, 5) is 41.5. The maximum absolute atomic E-state index is 13.2. The molecule has 5 aromatic rings. The molecule has 2 atom stereocenters. The third-order valence-electron chi connectivity index (χ3n) is 14.6. The summed E-state index contributed by atoms with van der Waals surface area (Å²) in [6.07, 6.45) is 6.67. The maximum atomic E-state index is 13.2. The Kier molecular flexibility index (Phi) is 17.5. The molecule has 24 nitrogen and oxygen atoms in total. The van der Waals surface area contributed by atoms with Crippen LogP contribution in [0.2, 0.25) is 0 Å². The number of amides is 2. The number of benzene rings is 5. The summed E-state index contributed by atoms with van der Waals surface area (Å²) in [7, 11) is -14.4. The van der Waals surface area contributed by atoms with Crippen molar-refractivity contribution in [3.05, 3.63) is 125 Å². The molecule has 1 saturated heterocycles. The zero-order valence-electron chi connectivity index (χ0n) is 45.0. The van der Waals surface area contributed by atoms with Crippen molar-refractivity contribution in [3.8, 4) is 5.75 Å². The van der Waals surface area contributed by atoms with Gasteiger partial charge in [0.15, 0.2) is 12.3 Å². The van der Waals surface area contributed by atoms with Crippen LogP contribution in [0.4, 0.5) is 11.4 Å². The van der Waals surface area contributed by atoms with Gasteiger partial charge in [-0.2, -0.15) is 38.2 Å². The van der Waals surface area contributed by atoms with E-state index in [1.54, 1.807) is 36.4 Å².